The van der Waals surface area contributed by atoms with Crippen LogP contribution in [0.4, 0.5) is 16.4 Å². The Morgan fingerprint density at radius 3 is 2.71 bits per heavy atom. The number of rotatable bonds is 5. The Morgan fingerprint density at radius 1 is 1.35 bits per heavy atom. The second kappa shape index (κ2) is 6.48. The summed E-state index contributed by atoms with van der Waals surface area (Å²) < 4.78 is 0. The lowest BCUT2D eigenvalue weighted by atomic mass is 10.5. The topological polar surface area (TPSA) is 108 Å². The predicted octanol–water partition coefficient (Wildman–Crippen LogP) is -0.555. The van der Waals surface area contributed by atoms with E-state index in [1.165, 1.54) is 11.1 Å². The molecule has 8 nitrogen and oxygen atoms in total. The zero-order valence-electron chi connectivity index (χ0n) is 9.90. The largest absolute Gasteiger partial charge is 0.367 e. The minimum Gasteiger partial charge on any atom is -0.367 e. The molecule has 1 aromatic rings. The number of nitrogens with one attached hydrogen (secondary N) is 3. The first-order chi connectivity index (χ1) is 8.13. The highest BCUT2D eigenvalue weighted by atomic mass is 16.2. The lowest BCUT2D eigenvalue weighted by Gasteiger charge is -2.12. The summed E-state index contributed by atoms with van der Waals surface area (Å²) in [4.78, 5) is 20.7. The van der Waals surface area contributed by atoms with Crippen molar-refractivity contribution in [3.05, 3.63) is 12.4 Å². The third kappa shape index (κ3) is 4.51. The number of nitrogens with zero attached hydrogens (tertiary/aromatic N) is 3. The van der Waals surface area contributed by atoms with Crippen LogP contribution in [0.3, 0.4) is 0 Å². The molecule has 5 N–H and O–H groups in total. The van der Waals surface area contributed by atoms with E-state index in [1.54, 1.807) is 20.3 Å². The summed E-state index contributed by atoms with van der Waals surface area (Å²) in [5.74, 6) is 6.28. The van der Waals surface area contributed by atoms with Crippen molar-refractivity contribution in [2.45, 2.75) is 0 Å². The van der Waals surface area contributed by atoms with Crippen LogP contribution in [0.15, 0.2) is 12.4 Å². The fourth-order valence-corrected chi connectivity index (χ4v) is 1.04. The molecule has 0 saturated carbocycles. The molecule has 0 fully saturated rings. The summed E-state index contributed by atoms with van der Waals surface area (Å²) in [5.41, 5.74) is 2.40. The molecule has 0 spiro atoms. The molecule has 0 aliphatic carbocycles. The highest BCUT2D eigenvalue weighted by Crippen LogP contribution is 2.03. The van der Waals surface area contributed by atoms with Gasteiger partial charge in [-0.3, -0.25) is 4.98 Å². The van der Waals surface area contributed by atoms with Crippen LogP contribution in [0, 0.1) is 0 Å². The maximum absolute atomic E-state index is 11.2. The second-order valence-corrected chi connectivity index (χ2v) is 3.49. The van der Waals surface area contributed by atoms with Gasteiger partial charge in [-0.15, -0.1) is 0 Å². The van der Waals surface area contributed by atoms with E-state index in [1.807, 2.05) is 0 Å². The maximum atomic E-state index is 11.2. The molecule has 2 amide bonds. The average molecular weight is 239 g/mol. The fraction of sp³-hybridized carbons (Fsp3) is 0.444. The third-order valence-corrected chi connectivity index (χ3v) is 1.90. The van der Waals surface area contributed by atoms with E-state index < -0.39 is 0 Å². The number of nitrogens with two attached hydrogens (primary N) is 1. The summed E-state index contributed by atoms with van der Waals surface area (Å²) in [6.07, 6.45) is 3.09. The highest BCUT2D eigenvalue weighted by molar-refractivity contribution is 5.73. The molecule has 0 radical (unpaired) electrons. The Balaban J connectivity index is 2.28. The average Bonchev–Trinajstić information content (AvgIpc) is 2.34. The van der Waals surface area contributed by atoms with E-state index in [0.717, 1.165) is 0 Å². The number of hydrogen-bond acceptors (Lipinski definition) is 6. The summed E-state index contributed by atoms with van der Waals surface area (Å²) in [6, 6.07) is -0.129. The summed E-state index contributed by atoms with van der Waals surface area (Å²) in [6.45, 7) is 1.06. The maximum Gasteiger partial charge on any atom is 0.316 e. The van der Waals surface area contributed by atoms with Crippen LogP contribution < -0.4 is 21.9 Å². The SMILES string of the molecule is CN(C)C(=O)NCCNc1cncc(NN)n1. The van der Waals surface area contributed by atoms with Gasteiger partial charge >= 0.3 is 6.03 Å². The molecule has 17 heavy (non-hydrogen) atoms. The standard InChI is InChI=1S/C9H17N7O/c1-16(2)9(17)13-4-3-12-7-5-11-6-8(14-7)15-10/h5-6H,3-4,10H2,1-2H3,(H,13,17)(H2,12,14,15). The number of nitrogen functional groups attached to an aromatic ring is 1. The molecule has 1 heterocycles. The lowest BCUT2D eigenvalue weighted by Crippen LogP contribution is -2.37. The van der Waals surface area contributed by atoms with Gasteiger partial charge in [-0.1, -0.05) is 0 Å². The number of hydrogen-bond donors (Lipinski definition) is 4. The zero-order chi connectivity index (χ0) is 12.7. The van der Waals surface area contributed by atoms with Gasteiger partial charge in [0, 0.05) is 27.2 Å². The molecule has 94 valence electrons. The van der Waals surface area contributed by atoms with E-state index in [0.29, 0.717) is 24.7 Å². The van der Waals surface area contributed by atoms with E-state index in [-0.39, 0.29) is 6.03 Å². The van der Waals surface area contributed by atoms with Crippen LogP contribution in [0.5, 0.6) is 0 Å². The monoisotopic (exact) mass is 239 g/mol. The number of aromatic nitrogens is 2. The van der Waals surface area contributed by atoms with Crippen molar-refractivity contribution in [1.29, 1.82) is 0 Å². The van der Waals surface area contributed by atoms with E-state index in [4.69, 9.17) is 5.84 Å². The quantitative estimate of drug-likeness (QED) is 0.312. The van der Waals surface area contributed by atoms with Crippen molar-refractivity contribution in [3.8, 4) is 0 Å². The van der Waals surface area contributed by atoms with Crippen LogP contribution in [0.1, 0.15) is 0 Å². The number of carbonyl (C=O) groups excluding carboxylic acids is 1. The Morgan fingerprint density at radius 2 is 2.06 bits per heavy atom. The Labute approximate surface area is 99.6 Å². The number of urea groups is 1. The molecule has 0 bridgehead atoms. The van der Waals surface area contributed by atoms with Crippen molar-refractivity contribution in [3.63, 3.8) is 0 Å². The molecular weight excluding hydrogens is 222 g/mol. The predicted molar refractivity (Wildman–Crippen MR) is 65.4 cm³/mol. The molecule has 0 atom stereocenters. The molecule has 1 aromatic heterocycles. The smallest absolute Gasteiger partial charge is 0.316 e. The van der Waals surface area contributed by atoms with Gasteiger partial charge in [-0.25, -0.2) is 15.6 Å². The highest BCUT2D eigenvalue weighted by Gasteiger charge is 2.01. The van der Waals surface area contributed by atoms with Crippen LogP contribution >= 0.6 is 0 Å². The molecule has 8 heteroatoms. The summed E-state index contributed by atoms with van der Waals surface area (Å²) in [7, 11) is 3.37. The zero-order valence-corrected chi connectivity index (χ0v) is 9.90. The molecule has 0 saturated heterocycles. The van der Waals surface area contributed by atoms with Crippen molar-refractivity contribution in [1.82, 2.24) is 20.2 Å². The first kappa shape index (κ1) is 13.0. The first-order valence-electron chi connectivity index (χ1n) is 5.11. The molecule has 0 aliphatic heterocycles. The summed E-state index contributed by atoms with van der Waals surface area (Å²) in [5, 5.41) is 5.73. The Kier molecular flexibility index (Phi) is 4.95. The van der Waals surface area contributed by atoms with Gasteiger partial charge in [-0.2, -0.15) is 0 Å². The molecule has 0 unspecified atom stereocenters. The lowest BCUT2D eigenvalue weighted by molar-refractivity contribution is 0.218. The molecule has 0 aromatic carbocycles. The van der Waals surface area contributed by atoms with E-state index in [9.17, 15) is 4.79 Å². The van der Waals surface area contributed by atoms with Crippen LogP contribution in [-0.4, -0.2) is 48.1 Å². The number of hydrazine groups is 1. The third-order valence-electron chi connectivity index (χ3n) is 1.90. The van der Waals surface area contributed by atoms with E-state index >= 15 is 0 Å². The van der Waals surface area contributed by atoms with E-state index in [2.05, 4.69) is 26.0 Å². The van der Waals surface area contributed by atoms with Gasteiger partial charge in [0.2, 0.25) is 0 Å². The van der Waals surface area contributed by atoms with Crippen LogP contribution in [0.2, 0.25) is 0 Å². The number of anilines is 2. The van der Waals surface area contributed by atoms with Gasteiger partial charge in [-0.05, 0) is 0 Å². The van der Waals surface area contributed by atoms with Gasteiger partial charge < -0.3 is 21.0 Å². The number of amides is 2. The molecular formula is C9H17N7O. The van der Waals surface area contributed by atoms with Crippen molar-refractivity contribution in [2.24, 2.45) is 5.84 Å². The Bertz CT molecular complexity index is 368. The van der Waals surface area contributed by atoms with Gasteiger partial charge in [0.25, 0.3) is 0 Å². The minimum absolute atomic E-state index is 0.129. The van der Waals surface area contributed by atoms with Crippen molar-refractivity contribution < 1.29 is 4.79 Å². The van der Waals surface area contributed by atoms with Crippen molar-refractivity contribution in [2.75, 3.05) is 37.9 Å². The minimum atomic E-state index is -0.129. The van der Waals surface area contributed by atoms with Gasteiger partial charge in [0.05, 0.1) is 12.4 Å². The molecule has 0 aliphatic rings. The van der Waals surface area contributed by atoms with Gasteiger partial charge in [0.1, 0.15) is 5.82 Å². The first-order valence-corrected chi connectivity index (χ1v) is 5.11. The van der Waals surface area contributed by atoms with Crippen LogP contribution in [-0.2, 0) is 0 Å². The normalized spacial score (nSPS) is 9.59. The van der Waals surface area contributed by atoms with Crippen molar-refractivity contribution >= 4 is 17.7 Å². The molecule has 1 rings (SSSR count). The summed E-state index contributed by atoms with van der Waals surface area (Å²) >= 11 is 0. The number of carbonyl (C=O) groups is 1. The van der Waals surface area contributed by atoms with Gasteiger partial charge in [0.15, 0.2) is 5.82 Å². The second-order valence-electron chi connectivity index (χ2n) is 3.49. The van der Waals surface area contributed by atoms with Crippen LogP contribution in [0.25, 0.3) is 0 Å². The Hall–Kier alpha value is -2.09. The fourth-order valence-electron chi connectivity index (χ4n) is 1.04.